The van der Waals surface area contributed by atoms with Gasteiger partial charge in [-0.15, -0.1) is 16.7 Å². The van der Waals surface area contributed by atoms with E-state index in [4.69, 9.17) is 16.4 Å². The monoisotopic (exact) mass is 389 g/mol. The topological polar surface area (TPSA) is 63.4 Å². The fraction of sp³-hybridized carbons (Fsp3) is 0.263. The van der Waals surface area contributed by atoms with E-state index >= 15 is 0 Å². The molecule has 0 fully saturated rings. The van der Waals surface area contributed by atoms with Crippen LogP contribution in [0.3, 0.4) is 0 Å². The average Bonchev–Trinajstić information content (AvgIpc) is 2.64. The highest BCUT2D eigenvalue weighted by atomic mass is 35.5. The van der Waals surface area contributed by atoms with Gasteiger partial charge in [-0.25, -0.2) is 0 Å². The lowest BCUT2D eigenvalue weighted by atomic mass is 9.91. The second-order valence-corrected chi connectivity index (χ2v) is 6.68. The van der Waals surface area contributed by atoms with E-state index in [0.29, 0.717) is 15.8 Å². The average molecular weight is 390 g/mol. The van der Waals surface area contributed by atoms with Gasteiger partial charge in [0.1, 0.15) is 23.9 Å². The summed E-state index contributed by atoms with van der Waals surface area (Å²) < 4.78 is 0. The zero-order valence-corrected chi connectivity index (χ0v) is 16.6. The Bertz CT molecular complexity index is 852. The van der Waals surface area contributed by atoms with Gasteiger partial charge in [0.25, 0.3) is 0 Å². The molecular weight excluding hydrogens is 370 g/mol. The predicted octanol–water partition coefficient (Wildman–Crippen LogP) is 5.25. The second kappa shape index (κ2) is 9.50. The zero-order chi connectivity index (χ0) is 19.1. The standard InChI is InChI=1S/C19H20ClN3O2S/c1-12-11-13(20)9-10-14(12)17(22-24)15-7-5-6-8-16(15)18(23-25-3)19(21-2)26-4/h5-11,17H,1-4H3. The first-order valence-electron chi connectivity index (χ1n) is 7.87. The third kappa shape index (κ3) is 4.31. The highest BCUT2D eigenvalue weighted by molar-refractivity contribution is 8.15. The van der Waals surface area contributed by atoms with Crippen LogP contribution < -0.4 is 0 Å². The molecule has 1 atom stereocenters. The highest BCUT2D eigenvalue weighted by Crippen LogP contribution is 2.32. The van der Waals surface area contributed by atoms with E-state index in [9.17, 15) is 4.91 Å². The van der Waals surface area contributed by atoms with Crippen molar-refractivity contribution in [3.05, 3.63) is 74.6 Å². The molecule has 7 heteroatoms. The summed E-state index contributed by atoms with van der Waals surface area (Å²) in [6.07, 6.45) is 1.91. The van der Waals surface area contributed by atoms with E-state index in [1.165, 1.54) is 18.9 Å². The van der Waals surface area contributed by atoms with Crippen molar-refractivity contribution in [1.82, 2.24) is 0 Å². The summed E-state index contributed by atoms with van der Waals surface area (Å²) in [5, 5.41) is 8.87. The van der Waals surface area contributed by atoms with Gasteiger partial charge in [0.05, 0.1) is 0 Å². The van der Waals surface area contributed by atoms with Crippen LogP contribution in [0, 0.1) is 11.8 Å². The number of nitrogens with zero attached hydrogens (tertiary/aromatic N) is 3. The molecule has 2 aromatic carbocycles. The Balaban J connectivity index is 2.66. The molecule has 2 aromatic rings. The minimum Gasteiger partial charge on any atom is -0.399 e. The van der Waals surface area contributed by atoms with Gasteiger partial charge in [-0.05, 0) is 42.0 Å². The summed E-state index contributed by atoms with van der Waals surface area (Å²) >= 11 is 7.50. The van der Waals surface area contributed by atoms with Crippen molar-refractivity contribution in [2.24, 2.45) is 15.3 Å². The van der Waals surface area contributed by atoms with Crippen LogP contribution in [0.15, 0.2) is 57.8 Å². The van der Waals surface area contributed by atoms with Crippen LogP contribution >= 0.6 is 23.4 Å². The summed E-state index contributed by atoms with van der Waals surface area (Å²) in [6, 6.07) is 12.2. The van der Waals surface area contributed by atoms with Gasteiger partial charge in [0.2, 0.25) is 0 Å². The number of aliphatic imine (C=N–C) groups is 1. The smallest absolute Gasteiger partial charge is 0.143 e. The van der Waals surface area contributed by atoms with E-state index in [1.807, 2.05) is 49.6 Å². The van der Waals surface area contributed by atoms with Crippen molar-refractivity contribution >= 4 is 34.1 Å². The lowest BCUT2D eigenvalue weighted by Crippen LogP contribution is -2.16. The minimum atomic E-state index is -0.689. The molecule has 0 aliphatic rings. The summed E-state index contributed by atoms with van der Waals surface area (Å²) in [6.45, 7) is 1.91. The van der Waals surface area contributed by atoms with Crippen LogP contribution in [0.2, 0.25) is 5.02 Å². The first-order valence-corrected chi connectivity index (χ1v) is 9.47. The summed E-state index contributed by atoms with van der Waals surface area (Å²) in [4.78, 5) is 21.1. The maximum Gasteiger partial charge on any atom is 0.143 e. The molecule has 0 radical (unpaired) electrons. The number of hydrogen-bond donors (Lipinski definition) is 0. The van der Waals surface area contributed by atoms with E-state index < -0.39 is 6.04 Å². The van der Waals surface area contributed by atoms with E-state index in [-0.39, 0.29) is 0 Å². The zero-order valence-electron chi connectivity index (χ0n) is 15.1. The molecular formula is C19H20ClN3O2S. The molecule has 5 nitrogen and oxygen atoms in total. The van der Waals surface area contributed by atoms with Gasteiger partial charge >= 0.3 is 0 Å². The molecule has 0 amide bonds. The van der Waals surface area contributed by atoms with Crippen molar-refractivity contribution in [3.63, 3.8) is 0 Å². The fourth-order valence-corrected chi connectivity index (χ4v) is 3.52. The second-order valence-electron chi connectivity index (χ2n) is 5.45. The van der Waals surface area contributed by atoms with Crippen LogP contribution in [-0.4, -0.2) is 31.2 Å². The minimum absolute atomic E-state index is 0.568. The van der Waals surface area contributed by atoms with E-state index in [0.717, 1.165) is 22.3 Å². The van der Waals surface area contributed by atoms with Gasteiger partial charge in [-0.1, -0.05) is 52.3 Å². The van der Waals surface area contributed by atoms with Gasteiger partial charge in [-0.3, -0.25) is 4.99 Å². The molecule has 1 unspecified atom stereocenters. The normalized spacial score (nSPS) is 13.4. The Morgan fingerprint density at radius 2 is 1.92 bits per heavy atom. The third-order valence-electron chi connectivity index (χ3n) is 3.92. The van der Waals surface area contributed by atoms with Crippen LogP contribution in [0.4, 0.5) is 0 Å². The number of halogens is 1. The lowest BCUT2D eigenvalue weighted by molar-refractivity contribution is 0.214. The van der Waals surface area contributed by atoms with Crippen molar-refractivity contribution in [3.8, 4) is 0 Å². The van der Waals surface area contributed by atoms with Crippen LogP contribution in [0.1, 0.15) is 28.3 Å². The Kier molecular flexibility index (Phi) is 7.36. The van der Waals surface area contributed by atoms with Gasteiger partial charge in [0.15, 0.2) is 0 Å². The Labute approximate surface area is 162 Å². The first kappa shape index (κ1) is 20.1. The van der Waals surface area contributed by atoms with Crippen molar-refractivity contribution in [2.45, 2.75) is 13.0 Å². The number of nitroso groups, excluding NO2 is 1. The van der Waals surface area contributed by atoms with Gasteiger partial charge in [-0.2, -0.15) is 0 Å². The molecule has 0 aromatic heterocycles. The van der Waals surface area contributed by atoms with E-state index in [2.05, 4.69) is 15.3 Å². The fourth-order valence-electron chi connectivity index (χ4n) is 2.77. The van der Waals surface area contributed by atoms with E-state index in [1.54, 1.807) is 13.1 Å². The molecule has 0 heterocycles. The van der Waals surface area contributed by atoms with Crippen molar-refractivity contribution < 1.29 is 4.84 Å². The van der Waals surface area contributed by atoms with Crippen molar-refractivity contribution in [2.75, 3.05) is 20.4 Å². The third-order valence-corrected chi connectivity index (χ3v) is 4.92. The quantitative estimate of drug-likeness (QED) is 0.293. The highest BCUT2D eigenvalue weighted by Gasteiger charge is 2.24. The molecule has 0 aliphatic heterocycles. The van der Waals surface area contributed by atoms with Crippen LogP contribution in [0.25, 0.3) is 0 Å². The molecule has 0 saturated heterocycles. The molecule has 0 N–H and O–H groups in total. The summed E-state index contributed by atoms with van der Waals surface area (Å²) in [5.74, 6) is 0. The number of aryl methyl sites for hydroxylation is 1. The SMILES string of the molecule is CN=C(SC)C(=NOC)c1ccccc1C(N=O)c1ccc(Cl)cc1C. The maximum atomic E-state index is 11.8. The largest absolute Gasteiger partial charge is 0.399 e. The molecule has 0 aliphatic carbocycles. The predicted molar refractivity (Wildman–Crippen MR) is 111 cm³/mol. The summed E-state index contributed by atoms with van der Waals surface area (Å²) in [7, 11) is 3.17. The van der Waals surface area contributed by atoms with Gasteiger partial charge in [0, 0.05) is 17.6 Å². The number of hydrogen-bond acceptors (Lipinski definition) is 6. The number of oxime groups is 1. The van der Waals surface area contributed by atoms with Crippen molar-refractivity contribution in [1.29, 1.82) is 0 Å². The Morgan fingerprint density at radius 1 is 1.19 bits per heavy atom. The summed E-state index contributed by atoms with van der Waals surface area (Å²) in [5.41, 5.74) is 3.75. The number of benzene rings is 2. The Hall–Kier alpha value is -2.18. The van der Waals surface area contributed by atoms with Gasteiger partial charge < -0.3 is 4.84 Å². The molecule has 0 bridgehead atoms. The first-order chi connectivity index (χ1) is 12.6. The van der Waals surface area contributed by atoms with Crippen LogP contribution in [-0.2, 0) is 4.84 Å². The molecule has 2 rings (SSSR count). The lowest BCUT2D eigenvalue weighted by Gasteiger charge is -2.18. The Morgan fingerprint density at radius 3 is 2.50 bits per heavy atom. The molecule has 26 heavy (non-hydrogen) atoms. The number of rotatable bonds is 6. The molecule has 136 valence electrons. The number of thioether (sulfide) groups is 1. The van der Waals surface area contributed by atoms with Crippen LogP contribution in [0.5, 0.6) is 0 Å². The molecule has 0 saturated carbocycles. The maximum absolute atomic E-state index is 11.8. The molecule has 0 spiro atoms.